The number of alkyl halides is 1. The zero-order valence-electron chi connectivity index (χ0n) is 51.5. The van der Waals surface area contributed by atoms with Crippen LogP contribution in [-0.4, -0.2) is 206 Å². The zero-order valence-corrected chi connectivity index (χ0v) is 53.7. The Kier molecular flexibility index (Phi) is 28.1. The number of carbonyl (C=O) groups excluding carboxylic acids is 11. The van der Waals surface area contributed by atoms with Crippen LogP contribution < -0.4 is 26.6 Å². The second-order valence-electron chi connectivity index (χ2n) is 22.9. The third-order valence-electron chi connectivity index (χ3n) is 15.3. The van der Waals surface area contributed by atoms with E-state index in [1.165, 1.54) is 67.8 Å². The summed E-state index contributed by atoms with van der Waals surface area (Å²) in [6.45, 7) is 18.1. The smallest absolute Gasteiger partial charge is 0.268 e. The maximum atomic E-state index is 14.7. The van der Waals surface area contributed by atoms with Crippen molar-refractivity contribution in [2.24, 2.45) is 22.7 Å². The minimum Gasteiger partial charge on any atom is -0.391 e. The standard InChI is InChI=1S/C60H90IN11O12/c1-17-35(6)48-59(83)71(15)46(31-42-26-22-19-23-27-42)53(77)62-32-47(74)64-43(30-41-24-20-18-21-25-41)52(76)63-37(8)56(80)69(13)39(10)57(81)70(14)45(29-34(4)5)54(78)65-44(28-33(2)3)58(82)72(16)50(36(7)61)55(79)67-49(40(11)73)60(84)68(12)38(9)51(75)66-48/h18-27,32-40,43-46,48-50,73H,17,28-31H2,1-16H3,(H,63,76)(H,64,74)(H,65,78)(H,66,75)(H,67,79)/t35-,36?,37-,38-,39?,40+,43-,44?,45-,46-,48?,49-,50-/m0/s1. The Morgan fingerprint density at radius 2 is 1.01 bits per heavy atom. The molecule has 23 nitrogen and oxygen atoms in total. The number of aliphatic imine (C=N–C) groups is 1. The lowest BCUT2D eigenvalue weighted by molar-refractivity contribution is -0.149. The lowest BCUT2D eigenvalue weighted by Gasteiger charge is -2.37. The molecule has 4 unspecified atom stereocenters. The highest BCUT2D eigenvalue weighted by Crippen LogP contribution is 2.21. The van der Waals surface area contributed by atoms with Crippen LogP contribution in [0.1, 0.15) is 107 Å². The quantitative estimate of drug-likeness (QED) is 0.132. The maximum absolute atomic E-state index is 14.7. The van der Waals surface area contributed by atoms with E-state index < -0.39 is 141 Å². The average Bonchev–Trinajstić information content (AvgIpc) is 2.92. The Balaban J connectivity index is 2.24. The van der Waals surface area contributed by atoms with Crippen LogP contribution in [0.15, 0.2) is 65.7 Å². The SMILES string of the molecule is CC[C@H](C)C1NC(=O)[C@H](C)N(C)C(=O)[C@H]([C@@H](C)O)NC(=O)[C@H](C(C)I)N(C)C(=O)C(CC(C)C)NC(=O)[C@H](CC(C)C)N(C)C(=O)C(C)N(C)C(=O)[C@H](C)NC(=O)[C@H](Cc2ccccc2)NC(=O)C=NC(=O)[C@H](Cc2ccccc2)N(C)C1=O. The Morgan fingerprint density at radius 3 is 1.52 bits per heavy atom. The Bertz CT molecular complexity index is 2660. The van der Waals surface area contributed by atoms with Crippen molar-refractivity contribution in [3.05, 3.63) is 71.8 Å². The van der Waals surface area contributed by atoms with Gasteiger partial charge in [-0.25, -0.2) is 4.99 Å². The Labute approximate surface area is 508 Å². The first-order valence-corrected chi connectivity index (χ1v) is 29.8. The van der Waals surface area contributed by atoms with Crippen LogP contribution in [0.3, 0.4) is 0 Å². The molecule has 6 N–H and O–H groups in total. The van der Waals surface area contributed by atoms with Gasteiger partial charge in [-0.05, 0) is 69.4 Å². The van der Waals surface area contributed by atoms with Gasteiger partial charge in [0.1, 0.15) is 60.4 Å². The van der Waals surface area contributed by atoms with Crippen LogP contribution in [-0.2, 0) is 65.6 Å². The van der Waals surface area contributed by atoms with Crippen LogP contribution in [0.4, 0.5) is 0 Å². The van der Waals surface area contributed by atoms with E-state index in [0.717, 1.165) is 19.6 Å². The highest BCUT2D eigenvalue weighted by Gasteiger charge is 2.42. The number of rotatable bonds is 12. The maximum Gasteiger partial charge on any atom is 0.268 e. The van der Waals surface area contributed by atoms with Crippen LogP contribution >= 0.6 is 22.6 Å². The molecule has 0 radical (unpaired) electrons. The molecule has 3 rings (SSSR count). The second kappa shape index (κ2) is 33.0. The van der Waals surface area contributed by atoms with Crippen LogP contribution in [0.5, 0.6) is 0 Å². The average molecular weight is 1280 g/mol. The number of aliphatic hydroxyl groups is 1. The van der Waals surface area contributed by atoms with Crippen LogP contribution in [0, 0.1) is 17.8 Å². The summed E-state index contributed by atoms with van der Waals surface area (Å²) in [5.74, 6) is -9.45. The van der Waals surface area contributed by atoms with Gasteiger partial charge < -0.3 is 56.2 Å². The first-order chi connectivity index (χ1) is 39.2. The number of carbonyl (C=O) groups is 11. The van der Waals surface area contributed by atoms with Gasteiger partial charge in [-0.15, -0.1) is 0 Å². The molecule has 0 aliphatic carbocycles. The third-order valence-corrected chi connectivity index (χ3v) is 16.0. The van der Waals surface area contributed by atoms with E-state index in [4.69, 9.17) is 0 Å². The number of nitrogens with one attached hydrogen (secondary N) is 5. The van der Waals surface area contributed by atoms with Crippen molar-refractivity contribution >= 4 is 93.8 Å². The number of hydrogen-bond donors (Lipinski definition) is 6. The first-order valence-electron chi connectivity index (χ1n) is 28.6. The van der Waals surface area contributed by atoms with E-state index in [2.05, 4.69) is 31.6 Å². The summed E-state index contributed by atoms with van der Waals surface area (Å²) in [6.07, 6.45) is -0.360. The molecule has 2 aromatic rings. The van der Waals surface area contributed by atoms with Crippen molar-refractivity contribution in [3.8, 4) is 0 Å². The molecule has 24 heteroatoms. The topological polar surface area (TPSA) is 297 Å². The van der Waals surface area contributed by atoms with Crippen molar-refractivity contribution in [2.75, 3.05) is 35.2 Å². The van der Waals surface area contributed by atoms with Crippen molar-refractivity contribution in [3.63, 3.8) is 0 Å². The molecule has 0 aromatic heterocycles. The number of benzene rings is 2. The molecule has 1 heterocycles. The number of likely N-dealkylation sites (N-methyl/N-ethyl adjacent to an activating group) is 5. The Morgan fingerprint density at radius 1 is 0.512 bits per heavy atom. The molecule has 11 amide bonds. The van der Waals surface area contributed by atoms with Gasteiger partial charge in [0.05, 0.1) is 12.3 Å². The van der Waals surface area contributed by atoms with Crippen molar-refractivity contribution < 1.29 is 57.8 Å². The van der Waals surface area contributed by atoms with Crippen LogP contribution in [0.2, 0.25) is 0 Å². The van der Waals surface area contributed by atoms with E-state index in [1.807, 2.05) is 50.3 Å². The summed E-state index contributed by atoms with van der Waals surface area (Å²) in [4.78, 5) is 167. The van der Waals surface area contributed by atoms with Gasteiger partial charge in [-0.3, -0.25) is 52.7 Å². The summed E-state index contributed by atoms with van der Waals surface area (Å²) >= 11 is 1.96. The third kappa shape index (κ3) is 19.9. The number of halogens is 1. The van der Waals surface area contributed by atoms with Gasteiger partial charge in [-0.1, -0.05) is 138 Å². The van der Waals surface area contributed by atoms with Crippen molar-refractivity contribution in [2.45, 2.75) is 179 Å². The van der Waals surface area contributed by atoms with E-state index in [-0.39, 0.29) is 37.5 Å². The van der Waals surface area contributed by atoms with E-state index in [0.29, 0.717) is 23.8 Å². The van der Waals surface area contributed by atoms with Crippen molar-refractivity contribution in [1.29, 1.82) is 0 Å². The molecular weight excluding hydrogens is 1190 g/mol. The molecule has 0 saturated carbocycles. The highest BCUT2D eigenvalue weighted by atomic mass is 127. The molecule has 1 aliphatic heterocycles. The minimum atomic E-state index is -1.65. The van der Waals surface area contributed by atoms with Gasteiger partial charge >= 0.3 is 0 Å². The first kappa shape index (κ1) is 71.4. The van der Waals surface area contributed by atoms with E-state index in [1.54, 1.807) is 81.4 Å². The fraction of sp³-hybridized carbons (Fsp3) is 0.600. The fourth-order valence-corrected chi connectivity index (χ4v) is 10.5. The lowest BCUT2D eigenvalue weighted by Crippen LogP contribution is -2.63. The predicted molar refractivity (Wildman–Crippen MR) is 327 cm³/mol. The molecule has 1 aliphatic rings. The van der Waals surface area contributed by atoms with E-state index >= 15 is 0 Å². The minimum absolute atomic E-state index is 0.0663. The molecule has 0 bridgehead atoms. The van der Waals surface area contributed by atoms with Gasteiger partial charge in [-0.2, -0.15) is 0 Å². The number of nitrogens with zero attached hydrogens (tertiary/aromatic N) is 6. The monoisotopic (exact) mass is 1280 g/mol. The normalized spacial score (nSPS) is 26.6. The highest BCUT2D eigenvalue weighted by molar-refractivity contribution is 14.1. The van der Waals surface area contributed by atoms with E-state index in [9.17, 15) is 57.8 Å². The molecular formula is C60H90IN11O12. The molecule has 0 saturated heterocycles. The molecule has 2 aromatic carbocycles. The summed E-state index contributed by atoms with van der Waals surface area (Å²) in [6, 6.07) is 4.36. The van der Waals surface area contributed by atoms with Gasteiger partial charge in [0, 0.05) is 52.0 Å². The molecule has 0 spiro atoms. The largest absolute Gasteiger partial charge is 0.391 e. The van der Waals surface area contributed by atoms with Gasteiger partial charge in [0.15, 0.2) is 0 Å². The van der Waals surface area contributed by atoms with Gasteiger partial charge in [0.25, 0.3) is 11.8 Å². The molecule has 0 fully saturated rings. The summed E-state index contributed by atoms with van der Waals surface area (Å²) < 4.78 is -0.626. The summed E-state index contributed by atoms with van der Waals surface area (Å²) in [7, 11) is 6.81. The number of hydrogen-bond acceptors (Lipinski definition) is 12. The Hall–Kier alpha value is -6.83. The molecule has 13 atom stereocenters. The predicted octanol–water partition coefficient (Wildman–Crippen LogP) is 2.04. The van der Waals surface area contributed by atoms with Gasteiger partial charge in [0.2, 0.25) is 53.2 Å². The zero-order chi connectivity index (χ0) is 63.6. The second-order valence-corrected chi connectivity index (χ2v) is 24.9. The molecule has 84 heavy (non-hydrogen) atoms. The molecule has 464 valence electrons. The number of amides is 11. The summed E-state index contributed by atoms with van der Waals surface area (Å²) in [5.41, 5.74) is 1.26. The fourth-order valence-electron chi connectivity index (χ4n) is 9.66. The van der Waals surface area contributed by atoms with Crippen LogP contribution in [0.25, 0.3) is 0 Å². The van der Waals surface area contributed by atoms with Crippen molar-refractivity contribution in [1.82, 2.24) is 51.1 Å². The lowest BCUT2D eigenvalue weighted by atomic mass is 9.95. The number of aliphatic hydroxyl groups excluding tert-OH is 1. The summed E-state index contributed by atoms with van der Waals surface area (Å²) in [5, 5.41) is 24.5.